The average Bonchev–Trinajstić information content (AvgIpc) is 2.25. The van der Waals surface area contributed by atoms with Crippen LogP contribution in [0.5, 0.6) is 0 Å². The highest BCUT2D eigenvalue weighted by molar-refractivity contribution is 6.18. The lowest BCUT2D eigenvalue weighted by molar-refractivity contribution is 0.0529. The molecule has 0 aromatic heterocycles. The molecule has 0 aliphatic rings. The molecule has 88 valence electrons. The number of benzene rings is 1. The highest BCUT2D eigenvalue weighted by atomic mass is 35.5. The molecule has 0 saturated carbocycles. The Hall–Kier alpha value is -1.02. The number of halogens is 1. The normalized spacial score (nSPS) is 11.2. The van der Waals surface area contributed by atoms with Gasteiger partial charge >= 0.3 is 5.97 Å². The summed E-state index contributed by atoms with van der Waals surface area (Å²) in [5.41, 5.74) is 1.86. The lowest BCUT2D eigenvalue weighted by atomic mass is 9.87. The minimum absolute atomic E-state index is 0.0958. The van der Waals surface area contributed by atoms with Gasteiger partial charge in [0.15, 0.2) is 0 Å². The zero-order chi connectivity index (χ0) is 12.2. The number of rotatable bonds is 3. The molecular weight excluding hydrogens is 224 g/mol. The summed E-state index contributed by atoms with van der Waals surface area (Å²) in [4.78, 5) is 11.5. The highest BCUT2D eigenvalue weighted by Crippen LogP contribution is 2.22. The van der Waals surface area contributed by atoms with Gasteiger partial charge in [0, 0.05) is 0 Å². The molecule has 0 heterocycles. The summed E-state index contributed by atoms with van der Waals surface area (Å²) in [5.74, 6) is 0.00680. The fraction of sp³-hybridized carbons (Fsp3) is 0.462. The van der Waals surface area contributed by atoms with Crippen molar-refractivity contribution in [3.8, 4) is 0 Å². The van der Waals surface area contributed by atoms with Gasteiger partial charge in [-0.15, -0.1) is 11.6 Å². The summed E-state index contributed by atoms with van der Waals surface area (Å²) in [6.07, 6.45) is 0. The number of carbonyl (C=O) groups is 1. The van der Waals surface area contributed by atoms with E-state index in [0.29, 0.717) is 11.4 Å². The first-order valence-electron chi connectivity index (χ1n) is 5.29. The van der Waals surface area contributed by atoms with Crippen molar-refractivity contribution >= 4 is 17.6 Å². The molecular formula is C13H17ClO2. The highest BCUT2D eigenvalue weighted by Gasteiger charge is 2.14. The summed E-state index contributed by atoms with van der Waals surface area (Å²) in [6.45, 7) is 6.65. The molecule has 0 spiro atoms. The molecule has 0 saturated heterocycles. The second-order valence-corrected chi connectivity index (χ2v) is 5.03. The lowest BCUT2D eigenvalue weighted by Gasteiger charge is -2.18. The van der Waals surface area contributed by atoms with E-state index in [4.69, 9.17) is 16.3 Å². The molecule has 3 heteroatoms. The standard InChI is InChI=1S/C13H17ClO2/c1-13(2,3)11-6-4-10(5-7-11)12(15)16-9-8-14/h4-7H,8-9H2,1-3H3. The molecule has 2 nitrogen and oxygen atoms in total. The Kier molecular flexibility index (Phi) is 4.36. The second kappa shape index (κ2) is 5.35. The van der Waals surface area contributed by atoms with Crippen molar-refractivity contribution in [3.63, 3.8) is 0 Å². The van der Waals surface area contributed by atoms with Crippen LogP contribution in [0.1, 0.15) is 36.7 Å². The van der Waals surface area contributed by atoms with Crippen molar-refractivity contribution in [3.05, 3.63) is 35.4 Å². The van der Waals surface area contributed by atoms with Gasteiger partial charge in [-0.1, -0.05) is 32.9 Å². The van der Waals surface area contributed by atoms with E-state index in [2.05, 4.69) is 20.8 Å². The maximum atomic E-state index is 11.5. The first-order chi connectivity index (χ1) is 7.45. The molecule has 1 aromatic carbocycles. The quantitative estimate of drug-likeness (QED) is 0.598. The fourth-order valence-electron chi connectivity index (χ4n) is 1.32. The molecule has 0 fully saturated rings. The Morgan fingerprint density at radius 2 is 1.81 bits per heavy atom. The van der Waals surface area contributed by atoms with E-state index in [9.17, 15) is 4.79 Å². The minimum atomic E-state index is -0.318. The third kappa shape index (κ3) is 3.53. The number of carbonyl (C=O) groups excluding carboxylic acids is 1. The fourth-order valence-corrected chi connectivity index (χ4v) is 1.40. The van der Waals surface area contributed by atoms with Crippen molar-refractivity contribution < 1.29 is 9.53 Å². The van der Waals surface area contributed by atoms with Crippen LogP contribution >= 0.6 is 11.6 Å². The van der Waals surface area contributed by atoms with Gasteiger partial charge in [-0.25, -0.2) is 4.79 Å². The van der Waals surface area contributed by atoms with E-state index in [0.717, 1.165) is 0 Å². The first-order valence-corrected chi connectivity index (χ1v) is 5.82. The van der Waals surface area contributed by atoms with Gasteiger partial charge in [0.2, 0.25) is 0 Å². The Morgan fingerprint density at radius 1 is 1.25 bits per heavy atom. The van der Waals surface area contributed by atoms with E-state index in [1.54, 1.807) is 12.1 Å². The zero-order valence-corrected chi connectivity index (χ0v) is 10.7. The topological polar surface area (TPSA) is 26.3 Å². The summed E-state index contributed by atoms with van der Waals surface area (Å²) in [7, 11) is 0. The molecule has 0 atom stereocenters. The molecule has 16 heavy (non-hydrogen) atoms. The van der Waals surface area contributed by atoms with E-state index >= 15 is 0 Å². The third-order valence-electron chi connectivity index (χ3n) is 2.30. The zero-order valence-electron chi connectivity index (χ0n) is 9.92. The Morgan fingerprint density at radius 3 is 2.25 bits per heavy atom. The Balaban J connectivity index is 2.75. The largest absolute Gasteiger partial charge is 0.461 e. The van der Waals surface area contributed by atoms with Crippen LogP contribution in [0.15, 0.2) is 24.3 Å². The second-order valence-electron chi connectivity index (χ2n) is 4.65. The predicted molar refractivity (Wildman–Crippen MR) is 66.1 cm³/mol. The van der Waals surface area contributed by atoms with Crippen LogP contribution < -0.4 is 0 Å². The molecule has 0 unspecified atom stereocenters. The molecule has 0 bridgehead atoms. The van der Waals surface area contributed by atoms with E-state index in [1.165, 1.54) is 5.56 Å². The first kappa shape index (κ1) is 13.0. The Labute approximate surface area is 102 Å². The van der Waals surface area contributed by atoms with Crippen LogP contribution in [0, 0.1) is 0 Å². The van der Waals surface area contributed by atoms with Crippen molar-refractivity contribution in [2.75, 3.05) is 12.5 Å². The van der Waals surface area contributed by atoms with Gasteiger partial charge in [0.05, 0.1) is 11.4 Å². The number of alkyl halides is 1. The van der Waals surface area contributed by atoms with Gasteiger partial charge in [-0.3, -0.25) is 0 Å². The van der Waals surface area contributed by atoms with Crippen LogP contribution in [0.4, 0.5) is 0 Å². The number of hydrogen-bond donors (Lipinski definition) is 0. The molecule has 0 N–H and O–H groups in total. The van der Waals surface area contributed by atoms with Gasteiger partial charge in [0.1, 0.15) is 6.61 Å². The van der Waals surface area contributed by atoms with Crippen LogP contribution in [0.25, 0.3) is 0 Å². The van der Waals surface area contributed by atoms with Crippen LogP contribution in [-0.2, 0) is 10.2 Å². The SMILES string of the molecule is CC(C)(C)c1ccc(C(=O)OCCCl)cc1. The summed E-state index contributed by atoms with van der Waals surface area (Å²) in [6, 6.07) is 7.49. The maximum absolute atomic E-state index is 11.5. The molecule has 0 amide bonds. The summed E-state index contributed by atoms with van der Waals surface area (Å²) >= 11 is 5.44. The molecule has 1 aromatic rings. The molecule has 0 radical (unpaired) electrons. The maximum Gasteiger partial charge on any atom is 0.338 e. The number of esters is 1. The average molecular weight is 241 g/mol. The van der Waals surface area contributed by atoms with Gasteiger partial charge in [0.25, 0.3) is 0 Å². The van der Waals surface area contributed by atoms with Gasteiger partial charge in [-0.2, -0.15) is 0 Å². The molecule has 0 aliphatic carbocycles. The monoisotopic (exact) mass is 240 g/mol. The van der Waals surface area contributed by atoms with E-state index in [-0.39, 0.29) is 18.0 Å². The van der Waals surface area contributed by atoms with Crippen molar-refractivity contribution in [1.82, 2.24) is 0 Å². The van der Waals surface area contributed by atoms with Gasteiger partial charge in [-0.05, 0) is 23.1 Å². The van der Waals surface area contributed by atoms with Crippen LogP contribution in [0.2, 0.25) is 0 Å². The van der Waals surface area contributed by atoms with Crippen molar-refractivity contribution in [2.45, 2.75) is 26.2 Å². The van der Waals surface area contributed by atoms with Crippen molar-refractivity contribution in [2.24, 2.45) is 0 Å². The number of hydrogen-bond acceptors (Lipinski definition) is 2. The van der Waals surface area contributed by atoms with Gasteiger partial charge < -0.3 is 4.74 Å². The predicted octanol–water partition coefficient (Wildman–Crippen LogP) is 3.38. The third-order valence-corrected chi connectivity index (χ3v) is 2.45. The van der Waals surface area contributed by atoms with Crippen LogP contribution in [-0.4, -0.2) is 18.5 Å². The Bertz CT molecular complexity index is 349. The summed E-state index contributed by atoms with van der Waals surface area (Å²) < 4.78 is 4.93. The molecule has 0 aliphatic heterocycles. The van der Waals surface area contributed by atoms with Crippen LogP contribution in [0.3, 0.4) is 0 Å². The van der Waals surface area contributed by atoms with Crippen molar-refractivity contribution in [1.29, 1.82) is 0 Å². The lowest BCUT2D eigenvalue weighted by Crippen LogP contribution is -2.12. The number of ether oxygens (including phenoxy) is 1. The van der Waals surface area contributed by atoms with E-state index < -0.39 is 0 Å². The molecule has 1 rings (SSSR count). The van der Waals surface area contributed by atoms with E-state index in [1.807, 2.05) is 12.1 Å². The minimum Gasteiger partial charge on any atom is -0.461 e. The summed E-state index contributed by atoms with van der Waals surface area (Å²) in [5, 5.41) is 0. The smallest absolute Gasteiger partial charge is 0.338 e.